The van der Waals surface area contributed by atoms with E-state index in [0.29, 0.717) is 50.2 Å². The van der Waals surface area contributed by atoms with Crippen molar-refractivity contribution in [3.05, 3.63) is 68.5 Å². The number of amides is 1. The lowest BCUT2D eigenvalue weighted by Crippen LogP contribution is -2.36. The number of carbonyl (C=O) groups is 1. The Hall–Kier alpha value is -3.37. The summed E-state index contributed by atoms with van der Waals surface area (Å²) < 4.78 is 12.9. The molecule has 2 saturated heterocycles. The van der Waals surface area contributed by atoms with Gasteiger partial charge in [0.2, 0.25) is 6.79 Å². The van der Waals surface area contributed by atoms with Crippen molar-refractivity contribution < 1.29 is 14.3 Å². The Bertz CT molecular complexity index is 1520. The maximum absolute atomic E-state index is 13.7. The molecule has 0 aliphatic carbocycles. The average Bonchev–Trinajstić information content (AvgIpc) is 3.46. The maximum Gasteiger partial charge on any atom is 0.267 e. The monoisotopic (exact) mass is 534 g/mol. The van der Waals surface area contributed by atoms with Gasteiger partial charge in [-0.3, -0.25) is 18.9 Å². The molecule has 8 nitrogen and oxygen atoms in total. The summed E-state index contributed by atoms with van der Waals surface area (Å²) in [5.41, 5.74) is 2.66. The Kier molecular flexibility index (Phi) is 6.16. The van der Waals surface area contributed by atoms with Gasteiger partial charge in [0, 0.05) is 19.3 Å². The number of aromatic nitrogens is 2. The number of ether oxygens (including phenoxy) is 2. The summed E-state index contributed by atoms with van der Waals surface area (Å²) in [5.74, 6) is 2.38. The van der Waals surface area contributed by atoms with Crippen molar-refractivity contribution in [2.24, 2.45) is 5.92 Å². The van der Waals surface area contributed by atoms with Crippen molar-refractivity contribution >= 4 is 51.7 Å². The average molecular weight is 535 g/mol. The second-order valence-corrected chi connectivity index (χ2v) is 11.4. The first-order chi connectivity index (χ1) is 17.9. The lowest BCUT2D eigenvalue weighted by atomic mass is 9.99. The third-order valence-corrected chi connectivity index (χ3v) is 8.37. The highest BCUT2D eigenvalue weighted by atomic mass is 32.2. The molecule has 0 spiro atoms. The number of anilines is 1. The third-order valence-electron chi connectivity index (χ3n) is 7.00. The number of fused-ring (bicyclic) bond motifs is 2. The summed E-state index contributed by atoms with van der Waals surface area (Å²) in [6.45, 7) is 6.32. The van der Waals surface area contributed by atoms with E-state index >= 15 is 0 Å². The number of pyridine rings is 1. The van der Waals surface area contributed by atoms with Crippen LogP contribution in [0.5, 0.6) is 11.5 Å². The molecular formula is C27H26N4O4S2. The van der Waals surface area contributed by atoms with Gasteiger partial charge < -0.3 is 14.4 Å². The SMILES string of the molecule is Cc1ccc2nc(N3CCC(C)CC3)c(/C=C3/SC(=S)N(Cc4ccc5c(c4)OCO5)C3=O)c(=O)n2c1. The standard InChI is InChI=1S/C27H26N4O4S2/c1-16-7-9-29(10-8-16)24-19(25(32)30-13-17(2)3-6-23(30)28-24)12-22-26(33)31(27(36)37-22)14-18-4-5-20-21(11-18)35-15-34-20/h3-6,11-13,16H,7-10,14-15H2,1-2H3/b22-12+. The van der Waals surface area contributed by atoms with Gasteiger partial charge in [-0.15, -0.1) is 0 Å². The minimum Gasteiger partial charge on any atom is -0.454 e. The number of rotatable bonds is 4. The number of hydrogen-bond acceptors (Lipinski definition) is 8. The molecule has 5 heterocycles. The Balaban J connectivity index is 1.37. The molecule has 0 unspecified atom stereocenters. The number of carbonyl (C=O) groups excluding carboxylic acids is 1. The van der Waals surface area contributed by atoms with Crippen LogP contribution in [0.1, 0.15) is 36.5 Å². The molecule has 2 aromatic heterocycles. The molecule has 0 radical (unpaired) electrons. The summed E-state index contributed by atoms with van der Waals surface area (Å²) in [4.78, 5) is 36.2. The molecule has 3 aliphatic rings. The highest BCUT2D eigenvalue weighted by molar-refractivity contribution is 8.26. The lowest BCUT2D eigenvalue weighted by Gasteiger charge is -2.32. The van der Waals surface area contributed by atoms with Gasteiger partial charge in [0.25, 0.3) is 11.5 Å². The predicted octanol–water partition coefficient (Wildman–Crippen LogP) is 4.37. The fraction of sp³-hybridized carbons (Fsp3) is 0.333. The third kappa shape index (κ3) is 4.48. The largest absolute Gasteiger partial charge is 0.454 e. The lowest BCUT2D eigenvalue weighted by molar-refractivity contribution is -0.122. The van der Waals surface area contributed by atoms with E-state index < -0.39 is 0 Å². The smallest absolute Gasteiger partial charge is 0.267 e. The van der Waals surface area contributed by atoms with E-state index in [1.165, 1.54) is 11.8 Å². The number of aryl methyl sites for hydroxylation is 1. The molecule has 3 aliphatic heterocycles. The quantitative estimate of drug-likeness (QED) is 0.361. The van der Waals surface area contributed by atoms with E-state index in [9.17, 15) is 9.59 Å². The number of hydrogen-bond donors (Lipinski definition) is 0. The van der Waals surface area contributed by atoms with Gasteiger partial charge in [0.15, 0.2) is 11.5 Å². The first kappa shape index (κ1) is 24.0. The molecular weight excluding hydrogens is 508 g/mol. The Morgan fingerprint density at radius 1 is 1.14 bits per heavy atom. The fourth-order valence-corrected chi connectivity index (χ4v) is 6.06. The number of thiocarbonyl (C=S) groups is 1. The van der Waals surface area contributed by atoms with Crippen molar-refractivity contribution in [1.29, 1.82) is 0 Å². The molecule has 37 heavy (non-hydrogen) atoms. The van der Waals surface area contributed by atoms with Crippen LogP contribution in [0.4, 0.5) is 5.82 Å². The van der Waals surface area contributed by atoms with Crippen LogP contribution < -0.4 is 19.9 Å². The van der Waals surface area contributed by atoms with Crippen LogP contribution in [0.25, 0.3) is 11.7 Å². The summed E-state index contributed by atoms with van der Waals surface area (Å²) in [5, 5.41) is 0. The van der Waals surface area contributed by atoms with Gasteiger partial charge in [0.05, 0.1) is 17.0 Å². The van der Waals surface area contributed by atoms with Crippen molar-refractivity contribution in [3.63, 3.8) is 0 Å². The molecule has 1 aromatic carbocycles. The Morgan fingerprint density at radius 3 is 2.73 bits per heavy atom. The maximum atomic E-state index is 13.7. The number of nitrogens with zero attached hydrogens (tertiary/aromatic N) is 4. The summed E-state index contributed by atoms with van der Waals surface area (Å²) >= 11 is 6.78. The minimum absolute atomic E-state index is 0.190. The van der Waals surface area contributed by atoms with Gasteiger partial charge in [-0.1, -0.05) is 43.0 Å². The zero-order valence-electron chi connectivity index (χ0n) is 20.6. The van der Waals surface area contributed by atoms with Crippen molar-refractivity contribution in [3.8, 4) is 11.5 Å². The molecule has 0 saturated carbocycles. The van der Waals surface area contributed by atoms with Gasteiger partial charge in [-0.2, -0.15) is 0 Å². The molecule has 10 heteroatoms. The normalized spacial score (nSPS) is 19.0. The van der Waals surface area contributed by atoms with Crippen LogP contribution in [0.2, 0.25) is 0 Å². The van der Waals surface area contributed by atoms with Crippen molar-refractivity contribution in [2.75, 3.05) is 24.8 Å². The zero-order valence-corrected chi connectivity index (χ0v) is 22.2. The van der Waals surface area contributed by atoms with E-state index in [-0.39, 0.29) is 18.3 Å². The highest BCUT2D eigenvalue weighted by Crippen LogP contribution is 2.37. The van der Waals surface area contributed by atoms with E-state index in [4.69, 9.17) is 26.7 Å². The molecule has 3 aromatic rings. The topological polar surface area (TPSA) is 76.4 Å². The van der Waals surface area contributed by atoms with Crippen molar-refractivity contribution in [1.82, 2.24) is 14.3 Å². The molecule has 2 fully saturated rings. The van der Waals surface area contributed by atoms with E-state index in [2.05, 4.69) is 11.8 Å². The second-order valence-electron chi connectivity index (χ2n) is 9.71. The summed E-state index contributed by atoms with van der Waals surface area (Å²) in [7, 11) is 0. The van der Waals surface area contributed by atoms with Crippen LogP contribution in [0.15, 0.2) is 46.2 Å². The molecule has 0 atom stereocenters. The van der Waals surface area contributed by atoms with E-state index in [0.717, 1.165) is 37.1 Å². The first-order valence-corrected chi connectivity index (χ1v) is 13.5. The first-order valence-electron chi connectivity index (χ1n) is 12.3. The Morgan fingerprint density at radius 2 is 1.92 bits per heavy atom. The number of piperidine rings is 1. The summed E-state index contributed by atoms with van der Waals surface area (Å²) in [6, 6.07) is 9.40. The van der Waals surface area contributed by atoms with E-state index in [1.54, 1.807) is 21.6 Å². The second kappa shape index (κ2) is 9.50. The molecule has 0 bridgehead atoms. The van der Waals surface area contributed by atoms with Crippen LogP contribution in [0, 0.1) is 12.8 Å². The van der Waals surface area contributed by atoms with Crippen LogP contribution in [-0.4, -0.2) is 44.4 Å². The van der Waals surface area contributed by atoms with Crippen LogP contribution in [-0.2, 0) is 11.3 Å². The minimum atomic E-state index is -0.223. The molecule has 190 valence electrons. The molecule has 6 rings (SSSR count). The zero-order chi connectivity index (χ0) is 25.7. The van der Waals surface area contributed by atoms with E-state index in [1.807, 2.05) is 37.3 Å². The summed E-state index contributed by atoms with van der Waals surface area (Å²) in [6.07, 6.45) is 5.53. The fourth-order valence-electron chi connectivity index (χ4n) is 4.82. The van der Waals surface area contributed by atoms with Crippen molar-refractivity contribution in [2.45, 2.75) is 33.2 Å². The van der Waals surface area contributed by atoms with Gasteiger partial charge in [-0.05, 0) is 61.1 Å². The van der Waals surface area contributed by atoms with Crippen LogP contribution in [0.3, 0.4) is 0 Å². The highest BCUT2D eigenvalue weighted by Gasteiger charge is 2.33. The predicted molar refractivity (Wildman–Crippen MR) is 148 cm³/mol. The van der Waals surface area contributed by atoms with Gasteiger partial charge in [-0.25, -0.2) is 4.98 Å². The van der Waals surface area contributed by atoms with Crippen LogP contribution >= 0.6 is 24.0 Å². The van der Waals surface area contributed by atoms with Gasteiger partial charge in [0.1, 0.15) is 15.8 Å². The molecule has 0 N–H and O–H groups in total. The number of thioether (sulfide) groups is 1. The number of benzene rings is 1. The Labute approximate surface area is 223 Å². The van der Waals surface area contributed by atoms with Gasteiger partial charge >= 0.3 is 0 Å². The molecule has 1 amide bonds.